The second kappa shape index (κ2) is 4.31. The predicted molar refractivity (Wildman–Crippen MR) is 75.5 cm³/mol. The van der Waals surface area contributed by atoms with Crippen molar-refractivity contribution in [3.8, 4) is 0 Å². The maximum atomic E-state index is 14.0. The van der Waals surface area contributed by atoms with Crippen molar-refractivity contribution in [3.05, 3.63) is 65.5 Å². The van der Waals surface area contributed by atoms with Crippen molar-refractivity contribution in [3.63, 3.8) is 0 Å². The number of hydrogen-bond donors (Lipinski definition) is 0. The Kier molecular flexibility index (Phi) is 2.57. The number of imidazole rings is 1. The number of halogens is 2. The molecule has 0 unspecified atom stereocenters. The van der Waals surface area contributed by atoms with Crippen LogP contribution in [0.15, 0.2) is 42.5 Å². The monoisotopic (exact) mass is 288 g/mol. The van der Waals surface area contributed by atoms with Crippen LogP contribution in [-0.4, -0.2) is 9.55 Å². The first-order valence-electron chi connectivity index (χ1n) is 6.27. The van der Waals surface area contributed by atoms with Crippen molar-refractivity contribution in [2.24, 2.45) is 0 Å². The van der Waals surface area contributed by atoms with E-state index in [9.17, 15) is 8.78 Å². The number of benzene rings is 2. The van der Waals surface area contributed by atoms with Crippen molar-refractivity contribution in [1.82, 2.24) is 9.55 Å². The van der Waals surface area contributed by atoms with Gasteiger partial charge < -0.3 is 4.57 Å². The number of thioether (sulfide) groups is 1. The SMILES string of the molecule is Fc1cccc([C@H]2SCc3nc4ccccc4n32)c1F. The van der Waals surface area contributed by atoms with Gasteiger partial charge in [0, 0.05) is 5.56 Å². The molecule has 0 radical (unpaired) electrons. The number of rotatable bonds is 1. The van der Waals surface area contributed by atoms with E-state index in [1.807, 2.05) is 28.8 Å². The predicted octanol–water partition coefficient (Wildman–Crippen LogP) is 4.11. The second-order valence-electron chi connectivity index (χ2n) is 4.69. The van der Waals surface area contributed by atoms with Crippen LogP contribution in [-0.2, 0) is 5.75 Å². The van der Waals surface area contributed by atoms with Crippen LogP contribution in [0, 0.1) is 11.6 Å². The molecule has 1 aromatic heterocycles. The molecule has 1 aliphatic heterocycles. The summed E-state index contributed by atoms with van der Waals surface area (Å²) in [7, 11) is 0. The Morgan fingerprint density at radius 3 is 2.85 bits per heavy atom. The summed E-state index contributed by atoms with van der Waals surface area (Å²) in [6, 6.07) is 12.1. The minimum absolute atomic E-state index is 0.256. The largest absolute Gasteiger partial charge is 0.310 e. The van der Waals surface area contributed by atoms with Crippen LogP contribution in [0.5, 0.6) is 0 Å². The molecule has 0 aliphatic carbocycles. The molecule has 1 aliphatic rings. The van der Waals surface area contributed by atoms with E-state index < -0.39 is 11.6 Å². The normalized spacial score (nSPS) is 17.6. The first kappa shape index (κ1) is 11.9. The van der Waals surface area contributed by atoms with E-state index in [4.69, 9.17) is 0 Å². The molecule has 2 heterocycles. The first-order chi connectivity index (χ1) is 9.75. The molecule has 0 N–H and O–H groups in total. The molecular formula is C15H10F2N2S. The third-order valence-electron chi connectivity index (χ3n) is 3.52. The van der Waals surface area contributed by atoms with Crippen molar-refractivity contribution in [1.29, 1.82) is 0 Å². The maximum Gasteiger partial charge on any atom is 0.164 e. The Hall–Kier alpha value is -1.88. The maximum absolute atomic E-state index is 14.0. The van der Waals surface area contributed by atoms with Gasteiger partial charge in [-0.25, -0.2) is 13.8 Å². The van der Waals surface area contributed by atoms with E-state index in [2.05, 4.69) is 4.98 Å². The zero-order valence-electron chi connectivity index (χ0n) is 10.4. The molecule has 1 atom stereocenters. The van der Waals surface area contributed by atoms with Gasteiger partial charge >= 0.3 is 0 Å². The molecule has 0 saturated heterocycles. The summed E-state index contributed by atoms with van der Waals surface area (Å²) < 4.78 is 29.5. The molecule has 3 aromatic rings. The van der Waals surface area contributed by atoms with Crippen LogP contribution in [0.1, 0.15) is 16.8 Å². The second-order valence-corrected chi connectivity index (χ2v) is 5.76. The number of nitrogens with zero attached hydrogens (tertiary/aromatic N) is 2. The smallest absolute Gasteiger partial charge is 0.164 e. The highest BCUT2D eigenvalue weighted by atomic mass is 32.2. The van der Waals surface area contributed by atoms with Crippen molar-refractivity contribution >= 4 is 22.8 Å². The van der Waals surface area contributed by atoms with Crippen LogP contribution in [0.2, 0.25) is 0 Å². The molecule has 0 spiro atoms. The van der Waals surface area contributed by atoms with Gasteiger partial charge in [0.1, 0.15) is 11.2 Å². The Balaban J connectivity index is 1.94. The van der Waals surface area contributed by atoms with Crippen LogP contribution in [0.3, 0.4) is 0 Å². The lowest BCUT2D eigenvalue weighted by molar-refractivity contribution is 0.495. The van der Waals surface area contributed by atoms with Gasteiger partial charge in [-0.2, -0.15) is 0 Å². The van der Waals surface area contributed by atoms with Crippen molar-refractivity contribution in [2.45, 2.75) is 11.1 Å². The third-order valence-corrected chi connectivity index (χ3v) is 4.73. The van der Waals surface area contributed by atoms with Gasteiger partial charge in [0.25, 0.3) is 0 Å². The highest BCUT2D eigenvalue weighted by Gasteiger charge is 2.30. The van der Waals surface area contributed by atoms with E-state index in [1.165, 1.54) is 0 Å². The van der Waals surface area contributed by atoms with Crippen LogP contribution in [0.4, 0.5) is 8.78 Å². The highest BCUT2D eigenvalue weighted by Crippen LogP contribution is 2.43. The van der Waals surface area contributed by atoms with Gasteiger partial charge in [-0.05, 0) is 18.2 Å². The topological polar surface area (TPSA) is 17.8 Å². The van der Waals surface area contributed by atoms with Gasteiger partial charge in [-0.3, -0.25) is 0 Å². The lowest BCUT2D eigenvalue weighted by Gasteiger charge is -2.15. The number of para-hydroxylation sites is 2. The molecule has 4 rings (SSSR count). The molecular weight excluding hydrogens is 278 g/mol. The summed E-state index contributed by atoms with van der Waals surface area (Å²) in [5, 5.41) is -0.256. The van der Waals surface area contributed by atoms with Gasteiger partial charge in [-0.15, -0.1) is 11.8 Å². The molecule has 0 amide bonds. The van der Waals surface area contributed by atoms with Crippen molar-refractivity contribution < 1.29 is 8.78 Å². The average molecular weight is 288 g/mol. The molecule has 2 aromatic carbocycles. The fraction of sp³-hybridized carbons (Fsp3) is 0.133. The Bertz CT molecular complexity index is 813. The lowest BCUT2D eigenvalue weighted by Crippen LogP contribution is -2.06. The zero-order valence-corrected chi connectivity index (χ0v) is 11.2. The number of fused-ring (bicyclic) bond motifs is 3. The Labute approximate surface area is 118 Å². The number of aromatic nitrogens is 2. The number of hydrogen-bond acceptors (Lipinski definition) is 2. The van der Waals surface area contributed by atoms with Gasteiger partial charge in [0.15, 0.2) is 11.6 Å². The summed E-state index contributed by atoms with van der Waals surface area (Å²) in [6.07, 6.45) is 0. The van der Waals surface area contributed by atoms with E-state index >= 15 is 0 Å². The van der Waals surface area contributed by atoms with Crippen molar-refractivity contribution in [2.75, 3.05) is 0 Å². The molecule has 5 heteroatoms. The minimum atomic E-state index is -0.805. The zero-order chi connectivity index (χ0) is 13.7. The fourth-order valence-electron chi connectivity index (χ4n) is 2.63. The Morgan fingerprint density at radius 2 is 1.95 bits per heavy atom. The molecule has 0 bridgehead atoms. The molecule has 0 saturated carbocycles. The Morgan fingerprint density at radius 1 is 1.10 bits per heavy atom. The van der Waals surface area contributed by atoms with E-state index in [-0.39, 0.29) is 5.37 Å². The summed E-state index contributed by atoms with van der Waals surface area (Å²) in [6.45, 7) is 0. The standard InChI is InChI=1S/C15H10F2N2S/c16-10-5-3-4-9(14(10)17)15-19-12-7-2-1-6-11(12)18-13(19)8-20-15/h1-7,15H,8H2/t15-/m1/s1. The summed E-state index contributed by atoms with van der Waals surface area (Å²) >= 11 is 1.56. The van der Waals surface area contributed by atoms with Gasteiger partial charge in [0.05, 0.1) is 16.8 Å². The lowest BCUT2D eigenvalue weighted by atomic mass is 10.2. The molecule has 20 heavy (non-hydrogen) atoms. The average Bonchev–Trinajstić information content (AvgIpc) is 3.01. The quantitative estimate of drug-likeness (QED) is 0.670. The summed E-state index contributed by atoms with van der Waals surface area (Å²) in [4.78, 5) is 4.55. The molecule has 0 fully saturated rings. The van der Waals surface area contributed by atoms with Gasteiger partial charge in [0.2, 0.25) is 0 Å². The van der Waals surface area contributed by atoms with Crippen LogP contribution >= 0.6 is 11.8 Å². The molecule has 100 valence electrons. The van der Waals surface area contributed by atoms with E-state index in [0.717, 1.165) is 22.9 Å². The minimum Gasteiger partial charge on any atom is -0.310 e. The highest BCUT2D eigenvalue weighted by molar-refractivity contribution is 7.99. The van der Waals surface area contributed by atoms with E-state index in [0.29, 0.717) is 11.3 Å². The van der Waals surface area contributed by atoms with Crippen LogP contribution < -0.4 is 0 Å². The molecule has 2 nitrogen and oxygen atoms in total. The summed E-state index contributed by atoms with van der Waals surface area (Å²) in [5.74, 6) is 0.0384. The van der Waals surface area contributed by atoms with E-state index in [1.54, 1.807) is 23.9 Å². The van der Waals surface area contributed by atoms with Gasteiger partial charge in [-0.1, -0.05) is 24.3 Å². The fourth-order valence-corrected chi connectivity index (χ4v) is 3.88. The first-order valence-corrected chi connectivity index (χ1v) is 7.32. The van der Waals surface area contributed by atoms with Crippen LogP contribution in [0.25, 0.3) is 11.0 Å². The summed E-state index contributed by atoms with van der Waals surface area (Å²) in [5.41, 5.74) is 2.22. The third kappa shape index (κ3) is 1.59.